The fraction of sp³-hybridized carbons (Fsp3) is 0.450. The number of nitrogens with one attached hydrogen (secondary N) is 2. The highest BCUT2D eigenvalue weighted by atomic mass is 16.6. The third-order valence-corrected chi connectivity index (χ3v) is 4.57. The summed E-state index contributed by atoms with van der Waals surface area (Å²) in [5.41, 5.74) is 5.48. The summed E-state index contributed by atoms with van der Waals surface area (Å²) in [7, 11) is 0. The lowest BCUT2D eigenvalue weighted by atomic mass is 10.1. The van der Waals surface area contributed by atoms with Crippen LogP contribution in [0.15, 0.2) is 18.5 Å². The zero-order valence-corrected chi connectivity index (χ0v) is 18.1. The number of hydrogen-bond acceptors (Lipinski definition) is 10. The molecule has 32 heavy (non-hydrogen) atoms. The summed E-state index contributed by atoms with van der Waals surface area (Å²) in [5, 5.41) is 22.8. The summed E-state index contributed by atoms with van der Waals surface area (Å²) < 4.78 is 5.42. The Morgan fingerprint density at radius 2 is 2.06 bits per heavy atom. The Bertz CT molecular complexity index is 1030. The van der Waals surface area contributed by atoms with Crippen molar-refractivity contribution in [2.75, 3.05) is 30.3 Å². The lowest BCUT2D eigenvalue weighted by Gasteiger charge is -2.24. The summed E-state index contributed by atoms with van der Waals surface area (Å²) in [6.45, 7) is 7.13. The van der Waals surface area contributed by atoms with Gasteiger partial charge in [0.1, 0.15) is 17.5 Å². The number of carbonyl (C=O) groups excluding carboxylic acids is 2. The van der Waals surface area contributed by atoms with Gasteiger partial charge in [-0.05, 0) is 33.1 Å². The molecule has 1 fully saturated rings. The minimum absolute atomic E-state index is 0.00320. The van der Waals surface area contributed by atoms with Crippen molar-refractivity contribution in [1.82, 2.24) is 25.1 Å². The number of primary amides is 1. The molecule has 168 valence electrons. The third kappa shape index (κ3) is 6.00. The molecule has 0 aliphatic carbocycles. The van der Waals surface area contributed by atoms with E-state index in [0.717, 1.165) is 6.42 Å². The number of hydrogen-bond donors (Lipinski definition) is 3. The number of carbonyl (C=O) groups is 2. The molecule has 2 aromatic heterocycles. The highest BCUT2D eigenvalue weighted by Gasteiger charge is 2.29. The Morgan fingerprint density at radius 1 is 1.28 bits per heavy atom. The van der Waals surface area contributed by atoms with Crippen molar-refractivity contribution in [3.63, 3.8) is 0 Å². The molecule has 1 aliphatic heterocycles. The van der Waals surface area contributed by atoms with Crippen molar-refractivity contribution in [3.8, 4) is 6.07 Å². The molecule has 3 rings (SSSR count). The first-order valence-corrected chi connectivity index (χ1v) is 10.0. The first-order chi connectivity index (χ1) is 15.1. The van der Waals surface area contributed by atoms with E-state index in [1.807, 2.05) is 26.8 Å². The van der Waals surface area contributed by atoms with E-state index < -0.39 is 11.5 Å². The first-order valence-electron chi connectivity index (χ1n) is 10.0. The second kappa shape index (κ2) is 9.42. The lowest BCUT2D eigenvalue weighted by molar-refractivity contribution is 0.0289. The third-order valence-electron chi connectivity index (χ3n) is 4.57. The number of nitrogens with two attached hydrogens (primary N) is 1. The summed E-state index contributed by atoms with van der Waals surface area (Å²) in [6, 6.07) is 3.48. The second-order valence-corrected chi connectivity index (χ2v) is 8.34. The number of ether oxygens (including phenoxy) is 1. The molecule has 2 aromatic rings. The average molecular weight is 439 g/mol. The Morgan fingerprint density at radius 3 is 2.69 bits per heavy atom. The van der Waals surface area contributed by atoms with Gasteiger partial charge >= 0.3 is 6.09 Å². The number of anilines is 3. The van der Waals surface area contributed by atoms with Gasteiger partial charge in [-0.2, -0.15) is 5.26 Å². The number of likely N-dealkylation sites (tertiary alicyclic amines) is 1. The van der Waals surface area contributed by atoms with Gasteiger partial charge in [0.2, 0.25) is 0 Å². The molecule has 2 amide bonds. The molecule has 1 unspecified atom stereocenters. The van der Waals surface area contributed by atoms with Gasteiger partial charge in [-0.15, -0.1) is 10.2 Å². The van der Waals surface area contributed by atoms with Gasteiger partial charge in [0.15, 0.2) is 17.2 Å². The molecular weight excluding hydrogens is 414 g/mol. The summed E-state index contributed by atoms with van der Waals surface area (Å²) >= 11 is 0. The zero-order valence-electron chi connectivity index (χ0n) is 18.1. The van der Waals surface area contributed by atoms with Crippen molar-refractivity contribution in [2.45, 2.75) is 32.8 Å². The molecule has 1 aliphatic rings. The number of rotatable bonds is 6. The molecule has 12 nitrogen and oxygen atoms in total. The van der Waals surface area contributed by atoms with Crippen molar-refractivity contribution in [3.05, 3.63) is 29.8 Å². The van der Waals surface area contributed by atoms with Crippen molar-refractivity contribution >= 4 is 29.3 Å². The van der Waals surface area contributed by atoms with Crippen LogP contribution in [0.4, 0.5) is 22.1 Å². The quantitative estimate of drug-likeness (QED) is 0.600. The molecule has 0 aromatic carbocycles. The van der Waals surface area contributed by atoms with Crippen molar-refractivity contribution in [2.24, 2.45) is 11.7 Å². The highest BCUT2D eigenvalue weighted by molar-refractivity contribution is 5.96. The van der Waals surface area contributed by atoms with Crippen LogP contribution < -0.4 is 16.4 Å². The average Bonchev–Trinajstić information content (AvgIpc) is 3.21. The second-order valence-electron chi connectivity index (χ2n) is 8.34. The van der Waals surface area contributed by atoms with Crippen molar-refractivity contribution in [1.29, 1.82) is 5.26 Å². The maximum Gasteiger partial charge on any atom is 0.410 e. The van der Waals surface area contributed by atoms with Crippen LogP contribution in [0.3, 0.4) is 0 Å². The van der Waals surface area contributed by atoms with Gasteiger partial charge in [0.25, 0.3) is 5.91 Å². The Labute approximate surface area is 185 Å². The van der Waals surface area contributed by atoms with Crippen LogP contribution in [0.5, 0.6) is 0 Å². The molecular formula is C20H25N9O3. The maximum absolute atomic E-state index is 12.2. The molecule has 1 saturated heterocycles. The van der Waals surface area contributed by atoms with E-state index in [4.69, 9.17) is 15.7 Å². The standard InChI is InChI=1S/C20H25N9O3/c1-20(2,3)32-19(31)29-5-4-12(11-29)8-24-14-6-15(27-28-17(14)18(22)30)26-16-10-23-13(7-21)9-25-16/h6,9-10,12H,4-5,8,11H2,1-3H3,(H2,22,30)(H2,24,25,26,27). The summed E-state index contributed by atoms with van der Waals surface area (Å²) in [5.74, 6) is 0.127. The first kappa shape index (κ1) is 22.7. The molecule has 0 saturated carbocycles. The predicted octanol–water partition coefficient (Wildman–Crippen LogP) is 1.65. The normalized spacial score (nSPS) is 15.7. The predicted molar refractivity (Wildman–Crippen MR) is 115 cm³/mol. The molecule has 0 spiro atoms. The smallest absolute Gasteiger partial charge is 0.410 e. The summed E-state index contributed by atoms with van der Waals surface area (Å²) in [4.78, 5) is 33.7. The number of nitriles is 1. The van der Waals surface area contributed by atoms with Crippen molar-refractivity contribution < 1.29 is 14.3 Å². The van der Waals surface area contributed by atoms with Gasteiger partial charge in [-0.25, -0.2) is 14.8 Å². The minimum Gasteiger partial charge on any atom is -0.444 e. The minimum atomic E-state index is -0.716. The fourth-order valence-electron chi connectivity index (χ4n) is 3.10. The molecule has 0 radical (unpaired) electrons. The number of aromatic nitrogens is 4. The van der Waals surface area contributed by atoms with E-state index in [1.54, 1.807) is 11.0 Å². The number of nitrogens with zero attached hydrogens (tertiary/aromatic N) is 6. The monoisotopic (exact) mass is 439 g/mol. The van der Waals surface area contributed by atoms with Crippen LogP contribution in [-0.4, -0.2) is 62.3 Å². The summed E-state index contributed by atoms with van der Waals surface area (Å²) in [6.07, 6.45) is 3.17. The zero-order chi connectivity index (χ0) is 23.3. The van der Waals surface area contributed by atoms with Crippen LogP contribution in [-0.2, 0) is 4.74 Å². The largest absolute Gasteiger partial charge is 0.444 e. The Kier molecular flexibility index (Phi) is 6.67. The number of amides is 2. The van der Waals surface area contributed by atoms with E-state index >= 15 is 0 Å². The van der Waals surface area contributed by atoms with Crippen LogP contribution >= 0.6 is 0 Å². The van der Waals surface area contributed by atoms with E-state index in [0.29, 0.717) is 37.0 Å². The van der Waals surface area contributed by atoms with Crippen LogP contribution in [0.1, 0.15) is 43.4 Å². The topological polar surface area (TPSA) is 172 Å². The molecule has 4 N–H and O–H groups in total. The van der Waals surface area contributed by atoms with Gasteiger partial charge in [0.05, 0.1) is 18.1 Å². The van der Waals surface area contributed by atoms with Crippen LogP contribution in [0.25, 0.3) is 0 Å². The van der Waals surface area contributed by atoms with Crippen LogP contribution in [0, 0.1) is 17.2 Å². The van der Waals surface area contributed by atoms with Gasteiger partial charge in [-0.1, -0.05) is 0 Å². The Hall–Kier alpha value is -4.01. The lowest BCUT2D eigenvalue weighted by Crippen LogP contribution is -2.35. The van der Waals surface area contributed by atoms with Gasteiger partial charge in [-0.3, -0.25) is 4.79 Å². The SMILES string of the molecule is CC(C)(C)OC(=O)N1CCC(CNc2cc(Nc3cnc(C#N)cn3)nnc2C(N)=O)C1. The molecule has 1 atom stereocenters. The fourth-order valence-corrected chi connectivity index (χ4v) is 3.10. The molecule has 0 bridgehead atoms. The molecule has 3 heterocycles. The van der Waals surface area contributed by atoms with E-state index in [1.165, 1.54) is 12.4 Å². The Balaban J connectivity index is 1.65. The van der Waals surface area contributed by atoms with E-state index in [2.05, 4.69) is 30.8 Å². The van der Waals surface area contributed by atoms with E-state index in [9.17, 15) is 9.59 Å². The van der Waals surface area contributed by atoms with Crippen LogP contribution in [0.2, 0.25) is 0 Å². The van der Waals surface area contributed by atoms with E-state index in [-0.39, 0.29) is 23.4 Å². The maximum atomic E-state index is 12.2. The highest BCUT2D eigenvalue weighted by Crippen LogP contribution is 2.23. The van der Waals surface area contributed by atoms with Gasteiger partial charge < -0.3 is 26.0 Å². The molecule has 12 heteroatoms. The van der Waals surface area contributed by atoms with Gasteiger partial charge in [0, 0.05) is 25.7 Å².